The number of hydrogen-bond acceptors (Lipinski definition) is 1. The highest BCUT2D eigenvalue weighted by atomic mass is 35.5. The molecule has 4 nitrogen and oxygen atoms in total. The summed E-state index contributed by atoms with van der Waals surface area (Å²) >= 11 is 6.15. The zero-order valence-corrected chi connectivity index (χ0v) is 16.3. The van der Waals surface area contributed by atoms with Crippen LogP contribution in [-0.2, 0) is 11.3 Å². The second kappa shape index (κ2) is 8.67. The van der Waals surface area contributed by atoms with Gasteiger partial charge < -0.3 is 15.1 Å². The minimum atomic E-state index is -0.0633. The Morgan fingerprint density at radius 2 is 1.77 bits per heavy atom. The lowest BCUT2D eigenvalue weighted by atomic mass is 10.1. The lowest BCUT2D eigenvalue weighted by Gasteiger charge is -2.32. The summed E-state index contributed by atoms with van der Waals surface area (Å²) in [5, 5.41) is 3.73. The van der Waals surface area contributed by atoms with Crippen molar-refractivity contribution in [1.29, 1.82) is 0 Å². The van der Waals surface area contributed by atoms with Gasteiger partial charge in [-0.3, -0.25) is 4.79 Å². The fraction of sp³-hybridized carbons (Fsp3) is 0.381. The van der Waals surface area contributed by atoms with Crippen molar-refractivity contribution in [2.24, 2.45) is 0 Å². The molecule has 0 radical (unpaired) electrons. The van der Waals surface area contributed by atoms with E-state index in [0.717, 1.165) is 44.0 Å². The van der Waals surface area contributed by atoms with Crippen LogP contribution in [0.25, 0.3) is 0 Å². The third-order valence-corrected chi connectivity index (χ3v) is 5.84. The Kier molecular flexibility index (Phi) is 6.30. The third-order valence-electron chi connectivity index (χ3n) is 5.43. The molecule has 3 N–H and O–H groups in total. The van der Waals surface area contributed by atoms with E-state index in [4.69, 9.17) is 11.6 Å². The van der Waals surface area contributed by atoms with E-state index < -0.39 is 0 Å². The van der Waals surface area contributed by atoms with E-state index in [0.29, 0.717) is 5.02 Å². The Hall–Kier alpha value is -1.88. The van der Waals surface area contributed by atoms with E-state index >= 15 is 0 Å². The maximum Gasteiger partial charge on any atom is 0.282 e. The number of carbonyl (C=O) groups is 1. The number of quaternary nitrogens is 2. The van der Waals surface area contributed by atoms with Crippen LogP contribution in [0.5, 0.6) is 0 Å². The quantitative estimate of drug-likeness (QED) is 0.717. The molecule has 1 fully saturated rings. The Morgan fingerprint density at radius 1 is 1.08 bits per heavy atom. The van der Waals surface area contributed by atoms with E-state index in [2.05, 4.69) is 35.6 Å². The predicted molar refractivity (Wildman–Crippen MR) is 106 cm³/mol. The van der Waals surface area contributed by atoms with Crippen LogP contribution in [0.1, 0.15) is 18.1 Å². The SMILES string of the molecule is Cc1c(Cl)cccc1NC(=O)[C@@H](C)[NH+]1CC[NH+](Cc2ccccc2)CC1. The predicted octanol–water partition coefficient (Wildman–Crippen LogP) is 0.959. The molecule has 1 atom stereocenters. The van der Waals surface area contributed by atoms with Gasteiger partial charge in [-0.1, -0.05) is 48.0 Å². The van der Waals surface area contributed by atoms with Gasteiger partial charge in [0, 0.05) is 16.3 Å². The van der Waals surface area contributed by atoms with Crippen LogP contribution >= 0.6 is 11.6 Å². The molecule has 0 aromatic heterocycles. The summed E-state index contributed by atoms with van der Waals surface area (Å²) in [6.45, 7) is 9.25. The Morgan fingerprint density at radius 3 is 2.46 bits per heavy atom. The van der Waals surface area contributed by atoms with E-state index in [1.54, 1.807) is 4.90 Å². The molecule has 138 valence electrons. The minimum absolute atomic E-state index is 0.0633. The molecular formula is C21H28ClN3O+2. The van der Waals surface area contributed by atoms with Gasteiger partial charge in [-0.05, 0) is 31.5 Å². The van der Waals surface area contributed by atoms with Gasteiger partial charge in [0.05, 0.1) is 0 Å². The Balaban J connectivity index is 1.52. The molecule has 3 rings (SSSR count). The van der Waals surface area contributed by atoms with E-state index in [1.807, 2.05) is 32.0 Å². The molecule has 1 heterocycles. The number of piperazine rings is 1. The van der Waals surface area contributed by atoms with Crippen molar-refractivity contribution in [3.05, 3.63) is 64.7 Å². The largest absolute Gasteiger partial charge is 0.322 e. The number of benzene rings is 2. The standard InChI is InChI=1S/C21H26ClN3O/c1-16-19(22)9-6-10-20(16)23-21(26)17(2)25-13-11-24(12-14-25)15-18-7-4-3-5-8-18/h3-10,17H,11-15H2,1-2H3,(H,23,26)/p+2/t17-/m1/s1. The summed E-state index contributed by atoms with van der Waals surface area (Å²) in [7, 11) is 0. The summed E-state index contributed by atoms with van der Waals surface area (Å²) < 4.78 is 0. The molecular weight excluding hydrogens is 346 g/mol. The molecule has 2 aromatic rings. The summed E-state index contributed by atoms with van der Waals surface area (Å²) in [4.78, 5) is 15.6. The zero-order chi connectivity index (χ0) is 18.5. The summed E-state index contributed by atoms with van der Waals surface area (Å²) in [6.07, 6.45) is 0. The molecule has 1 aliphatic heterocycles. The van der Waals surface area contributed by atoms with Crippen molar-refractivity contribution in [2.45, 2.75) is 26.4 Å². The molecule has 0 spiro atoms. The molecule has 26 heavy (non-hydrogen) atoms. The molecule has 1 amide bonds. The average molecular weight is 374 g/mol. The Bertz CT molecular complexity index is 742. The summed E-state index contributed by atoms with van der Waals surface area (Å²) in [5.74, 6) is 0.0666. The zero-order valence-electron chi connectivity index (χ0n) is 15.5. The van der Waals surface area contributed by atoms with E-state index in [1.165, 1.54) is 10.5 Å². The fourth-order valence-electron chi connectivity index (χ4n) is 3.59. The molecule has 2 aromatic carbocycles. The van der Waals surface area contributed by atoms with Crippen LogP contribution in [0.2, 0.25) is 5.02 Å². The monoisotopic (exact) mass is 373 g/mol. The van der Waals surface area contributed by atoms with Crippen molar-refractivity contribution >= 4 is 23.2 Å². The minimum Gasteiger partial charge on any atom is -0.322 e. The summed E-state index contributed by atoms with van der Waals surface area (Å²) in [5.41, 5.74) is 3.11. The molecule has 0 bridgehead atoms. The number of halogens is 1. The first-order valence-corrected chi connectivity index (χ1v) is 9.70. The topological polar surface area (TPSA) is 38.0 Å². The van der Waals surface area contributed by atoms with Gasteiger partial charge in [0.15, 0.2) is 6.04 Å². The van der Waals surface area contributed by atoms with Gasteiger partial charge in [0.1, 0.15) is 32.7 Å². The van der Waals surface area contributed by atoms with E-state index in [-0.39, 0.29) is 11.9 Å². The van der Waals surface area contributed by atoms with Crippen molar-refractivity contribution in [1.82, 2.24) is 0 Å². The lowest BCUT2D eigenvalue weighted by Crippen LogP contribution is -3.29. The molecule has 0 saturated carbocycles. The number of nitrogens with one attached hydrogen (secondary N) is 3. The van der Waals surface area contributed by atoms with Gasteiger partial charge in [-0.25, -0.2) is 0 Å². The average Bonchev–Trinajstić information content (AvgIpc) is 2.66. The molecule has 1 saturated heterocycles. The number of hydrogen-bond donors (Lipinski definition) is 3. The highest BCUT2D eigenvalue weighted by Gasteiger charge is 2.31. The van der Waals surface area contributed by atoms with E-state index in [9.17, 15) is 4.79 Å². The van der Waals surface area contributed by atoms with Crippen LogP contribution < -0.4 is 15.1 Å². The Labute approximate surface area is 160 Å². The number of amides is 1. The highest BCUT2D eigenvalue weighted by Crippen LogP contribution is 2.22. The first-order valence-electron chi connectivity index (χ1n) is 9.32. The van der Waals surface area contributed by atoms with Gasteiger partial charge in [-0.15, -0.1) is 0 Å². The number of rotatable bonds is 5. The molecule has 1 aliphatic rings. The van der Waals surface area contributed by atoms with Crippen molar-refractivity contribution in [3.63, 3.8) is 0 Å². The normalized spacial score (nSPS) is 21.2. The number of anilines is 1. The summed E-state index contributed by atoms with van der Waals surface area (Å²) in [6, 6.07) is 16.2. The number of carbonyl (C=O) groups excluding carboxylic acids is 1. The maximum absolute atomic E-state index is 12.7. The van der Waals surface area contributed by atoms with Crippen LogP contribution in [0.3, 0.4) is 0 Å². The van der Waals surface area contributed by atoms with Crippen LogP contribution in [0, 0.1) is 6.92 Å². The van der Waals surface area contributed by atoms with Gasteiger partial charge in [-0.2, -0.15) is 0 Å². The van der Waals surface area contributed by atoms with Crippen molar-refractivity contribution < 1.29 is 14.6 Å². The fourth-order valence-corrected chi connectivity index (χ4v) is 3.76. The second-order valence-electron chi connectivity index (χ2n) is 7.19. The second-order valence-corrected chi connectivity index (χ2v) is 7.60. The van der Waals surface area contributed by atoms with Crippen LogP contribution in [-0.4, -0.2) is 38.1 Å². The molecule has 0 aliphatic carbocycles. The van der Waals surface area contributed by atoms with Crippen molar-refractivity contribution in [2.75, 3.05) is 31.5 Å². The lowest BCUT2D eigenvalue weighted by molar-refractivity contribution is -1.02. The third kappa shape index (κ3) is 4.64. The first-order chi connectivity index (χ1) is 12.5. The molecule has 5 heteroatoms. The van der Waals surface area contributed by atoms with Crippen LogP contribution in [0.15, 0.2) is 48.5 Å². The first kappa shape index (κ1) is 18.9. The van der Waals surface area contributed by atoms with Gasteiger partial charge >= 0.3 is 0 Å². The van der Waals surface area contributed by atoms with Gasteiger partial charge in [0.25, 0.3) is 5.91 Å². The van der Waals surface area contributed by atoms with Gasteiger partial charge in [0.2, 0.25) is 0 Å². The highest BCUT2D eigenvalue weighted by molar-refractivity contribution is 6.31. The van der Waals surface area contributed by atoms with Crippen molar-refractivity contribution in [3.8, 4) is 0 Å². The smallest absolute Gasteiger partial charge is 0.282 e. The van der Waals surface area contributed by atoms with Crippen LogP contribution in [0.4, 0.5) is 5.69 Å². The molecule has 0 unspecified atom stereocenters. The maximum atomic E-state index is 12.7.